The van der Waals surface area contributed by atoms with Crippen LogP contribution in [-0.2, 0) is 35.8 Å². The largest absolute Gasteiger partial charge is 0.390 e. The molecule has 9 heteroatoms. The Bertz CT molecular complexity index is 1500. The van der Waals surface area contributed by atoms with Crippen molar-refractivity contribution in [3.8, 4) is 0 Å². The van der Waals surface area contributed by atoms with E-state index in [4.69, 9.17) is 0 Å². The second kappa shape index (κ2) is 14.5. The number of thiophene rings is 1. The smallest absolute Gasteiger partial charge is 0.251 e. The second-order valence-corrected chi connectivity index (χ2v) is 14.2. The summed E-state index contributed by atoms with van der Waals surface area (Å²) in [5.41, 5.74) is 4.87. The van der Waals surface area contributed by atoms with Gasteiger partial charge in [0.25, 0.3) is 5.91 Å². The highest BCUT2D eigenvalue weighted by atomic mass is 32.2. The number of nitrogens with one attached hydrogen (secondary N) is 2. The van der Waals surface area contributed by atoms with Gasteiger partial charge in [-0.05, 0) is 78.6 Å². The Morgan fingerprint density at radius 2 is 1.79 bits per heavy atom. The maximum atomic E-state index is 13.8. The van der Waals surface area contributed by atoms with Gasteiger partial charge >= 0.3 is 0 Å². The molecule has 0 bridgehead atoms. The van der Waals surface area contributed by atoms with E-state index in [9.17, 15) is 18.3 Å². The van der Waals surface area contributed by atoms with E-state index in [0.29, 0.717) is 43.6 Å². The van der Waals surface area contributed by atoms with E-state index in [1.54, 1.807) is 24.5 Å². The summed E-state index contributed by atoms with van der Waals surface area (Å²) in [4.78, 5) is 16.3. The molecule has 1 aromatic heterocycles. The summed E-state index contributed by atoms with van der Waals surface area (Å²) < 4.78 is 27.4. The van der Waals surface area contributed by atoms with Gasteiger partial charge in [-0.3, -0.25) is 9.10 Å². The average Bonchev–Trinajstić information content (AvgIpc) is 3.63. The monoisotopic (exact) mass is 609 g/mol. The predicted molar refractivity (Wildman–Crippen MR) is 174 cm³/mol. The first-order valence-corrected chi connectivity index (χ1v) is 17.2. The molecule has 42 heavy (non-hydrogen) atoms. The number of carbonyl (C=O) groups is 1. The highest BCUT2D eigenvalue weighted by Gasteiger charge is 2.28. The first-order valence-electron chi connectivity index (χ1n) is 14.8. The molecule has 0 aliphatic heterocycles. The Kier molecular flexibility index (Phi) is 11.0. The van der Waals surface area contributed by atoms with E-state index in [1.807, 2.05) is 43.3 Å². The zero-order valence-corrected chi connectivity index (χ0v) is 26.7. The SMILES string of the molecule is CCCS(=O)(=O)N(C)c1cc(C(=O)NC(Cc2ccccc2)C(O)CNCc2ccc(CC)s2)cc2c1CC=C2CC. The number of aliphatic hydroxyl groups excluding tert-OH is 1. The Hall–Kier alpha value is -2.98. The summed E-state index contributed by atoms with van der Waals surface area (Å²) >= 11 is 1.76. The van der Waals surface area contributed by atoms with E-state index in [2.05, 4.69) is 42.7 Å². The molecular formula is C33H43N3O4S2. The molecule has 0 saturated carbocycles. The lowest BCUT2D eigenvalue weighted by Crippen LogP contribution is -2.48. The summed E-state index contributed by atoms with van der Waals surface area (Å²) in [5, 5.41) is 17.7. The van der Waals surface area contributed by atoms with Gasteiger partial charge in [0.15, 0.2) is 0 Å². The van der Waals surface area contributed by atoms with E-state index in [1.165, 1.54) is 14.1 Å². The fraction of sp³-hybridized carbons (Fsp3) is 0.424. The third kappa shape index (κ3) is 7.69. The van der Waals surface area contributed by atoms with E-state index in [-0.39, 0.29) is 11.7 Å². The lowest BCUT2D eigenvalue weighted by atomic mass is 9.97. The fourth-order valence-corrected chi connectivity index (χ4v) is 7.56. The molecule has 0 saturated heterocycles. The molecule has 0 spiro atoms. The molecule has 1 amide bonds. The summed E-state index contributed by atoms with van der Waals surface area (Å²) in [7, 11) is -1.96. The van der Waals surface area contributed by atoms with Crippen molar-refractivity contribution in [2.24, 2.45) is 0 Å². The van der Waals surface area contributed by atoms with Gasteiger partial charge in [-0.25, -0.2) is 8.42 Å². The second-order valence-electron chi connectivity index (χ2n) is 10.8. The number of fused-ring (bicyclic) bond motifs is 1. The molecule has 1 aliphatic carbocycles. The van der Waals surface area contributed by atoms with Crippen molar-refractivity contribution in [3.05, 3.63) is 92.7 Å². The number of allylic oxidation sites excluding steroid dienone is 2. The number of hydrogen-bond donors (Lipinski definition) is 3. The normalized spacial score (nSPS) is 14.3. The minimum atomic E-state index is -3.53. The molecule has 226 valence electrons. The topological polar surface area (TPSA) is 98.7 Å². The third-order valence-corrected chi connectivity index (χ3v) is 11.0. The van der Waals surface area contributed by atoms with Crippen LogP contribution in [0.4, 0.5) is 5.69 Å². The van der Waals surface area contributed by atoms with Crippen molar-refractivity contribution in [3.63, 3.8) is 0 Å². The van der Waals surface area contributed by atoms with Crippen LogP contribution in [0, 0.1) is 0 Å². The number of sulfonamides is 1. The first kappa shape index (κ1) is 31.9. The lowest BCUT2D eigenvalue weighted by molar-refractivity contribution is 0.0830. The number of nitrogens with zero attached hydrogens (tertiary/aromatic N) is 1. The molecule has 4 rings (SSSR count). The molecule has 1 heterocycles. The standard InChI is InChI=1S/C33H43N3O4S2/c1-5-17-42(39,40)36(4)31-20-25(19-29-24(6-2)13-16-28(29)31)33(38)35-30(18-23-11-9-8-10-12-23)32(37)22-34-21-27-15-14-26(7-3)41-27/h8-15,19-20,30,32,34,37H,5-7,16-18,21-22H2,1-4H3,(H,35,38). The summed E-state index contributed by atoms with van der Waals surface area (Å²) in [6, 6.07) is 17.0. The minimum absolute atomic E-state index is 0.0341. The number of benzene rings is 2. The van der Waals surface area contributed by atoms with Crippen LogP contribution < -0.4 is 14.9 Å². The molecule has 2 atom stereocenters. The minimum Gasteiger partial charge on any atom is -0.390 e. The highest BCUT2D eigenvalue weighted by Crippen LogP contribution is 2.38. The van der Waals surface area contributed by atoms with Crippen molar-refractivity contribution in [2.45, 2.75) is 71.6 Å². The number of aliphatic hydroxyl groups is 1. The van der Waals surface area contributed by atoms with Crippen LogP contribution in [0.15, 0.2) is 60.7 Å². The van der Waals surface area contributed by atoms with Crippen LogP contribution in [0.25, 0.3) is 5.57 Å². The molecular weight excluding hydrogens is 567 g/mol. The van der Waals surface area contributed by atoms with E-state index < -0.39 is 22.2 Å². The predicted octanol–water partition coefficient (Wildman–Crippen LogP) is 5.33. The van der Waals surface area contributed by atoms with Gasteiger partial charge < -0.3 is 15.7 Å². The van der Waals surface area contributed by atoms with Gasteiger partial charge in [0.05, 0.1) is 23.6 Å². The highest BCUT2D eigenvalue weighted by molar-refractivity contribution is 7.92. The van der Waals surface area contributed by atoms with Crippen LogP contribution in [0.5, 0.6) is 0 Å². The molecule has 0 fully saturated rings. The number of amides is 1. The number of rotatable bonds is 15. The molecule has 3 aromatic rings. The van der Waals surface area contributed by atoms with E-state index in [0.717, 1.165) is 35.1 Å². The van der Waals surface area contributed by atoms with Crippen molar-refractivity contribution >= 4 is 38.5 Å². The van der Waals surface area contributed by atoms with Crippen LogP contribution in [-0.4, -0.2) is 50.9 Å². The number of carbonyl (C=O) groups excluding carboxylic acids is 1. The third-order valence-electron chi connectivity index (χ3n) is 7.78. The molecule has 1 aliphatic rings. The maximum Gasteiger partial charge on any atom is 0.251 e. The van der Waals surface area contributed by atoms with Gasteiger partial charge in [0.1, 0.15) is 0 Å². The molecule has 3 N–H and O–H groups in total. The Morgan fingerprint density at radius 1 is 1.05 bits per heavy atom. The summed E-state index contributed by atoms with van der Waals surface area (Å²) in [5.74, 6) is -0.305. The molecule has 0 radical (unpaired) electrons. The summed E-state index contributed by atoms with van der Waals surface area (Å²) in [6.45, 7) is 6.99. The lowest BCUT2D eigenvalue weighted by Gasteiger charge is -2.26. The fourth-order valence-electron chi connectivity index (χ4n) is 5.38. The van der Waals surface area contributed by atoms with Gasteiger partial charge in [0, 0.05) is 35.5 Å². The Labute approximate surface area is 254 Å². The number of aryl methyl sites for hydroxylation is 1. The Morgan fingerprint density at radius 3 is 2.45 bits per heavy atom. The quantitative estimate of drug-likeness (QED) is 0.217. The molecule has 2 unspecified atom stereocenters. The Balaban J connectivity index is 1.58. The van der Waals surface area contributed by atoms with E-state index >= 15 is 0 Å². The van der Waals surface area contributed by atoms with Gasteiger partial charge in [-0.1, -0.05) is 57.2 Å². The molecule has 2 aromatic carbocycles. The summed E-state index contributed by atoms with van der Waals surface area (Å²) in [6.07, 6.45) is 4.65. The van der Waals surface area contributed by atoms with Gasteiger partial charge in [0.2, 0.25) is 10.0 Å². The number of hydrogen-bond acceptors (Lipinski definition) is 6. The number of anilines is 1. The van der Waals surface area contributed by atoms with Crippen LogP contribution >= 0.6 is 11.3 Å². The first-order chi connectivity index (χ1) is 20.2. The van der Waals surface area contributed by atoms with Crippen molar-refractivity contribution in [1.29, 1.82) is 0 Å². The average molecular weight is 610 g/mol. The van der Waals surface area contributed by atoms with Gasteiger partial charge in [-0.15, -0.1) is 11.3 Å². The van der Waals surface area contributed by atoms with Crippen LogP contribution in [0.1, 0.15) is 70.4 Å². The van der Waals surface area contributed by atoms with Gasteiger partial charge in [-0.2, -0.15) is 0 Å². The van der Waals surface area contributed by atoms with Crippen LogP contribution in [0.2, 0.25) is 0 Å². The van der Waals surface area contributed by atoms with Crippen molar-refractivity contribution in [1.82, 2.24) is 10.6 Å². The van der Waals surface area contributed by atoms with Crippen molar-refractivity contribution < 1.29 is 18.3 Å². The zero-order valence-electron chi connectivity index (χ0n) is 25.0. The van der Waals surface area contributed by atoms with Crippen LogP contribution in [0.3, 0.4) is 0 Å². The maximum absolute atomic E-state index is 13.8. The van der Waals surface area contributed by atoms with Crippen molar-refractivity contribution in [2.75, 3.05) is 23.7 Å². The molecule has 7 nitrogen and oxygen atoms in total. The zero-order chi connectivity index (χ0) is 30.3.